The number of primary amides is 1. The maximum atomic E-state index is 11.5. The topological polar surface area (TPSA) is 77.2 Å². The maximum absolute atomic E-state index is 11.5. The van der Waals surface area contributed by atoms with E-state index in [9.17, 15) is 4.79 Å². The maximum Gasteiger partial charge on any atom is 0.237 e. The van der Waals surface area contributed by atoms with E-state index in [1.165, 1.54) is 0 Å². The van der Waals surface area contributed by atoms with Gasteiger partial charge in [-0.2, -0.15) is 0 Å². The summed E-state index contributed by atoms with van der Waals surface area (Å²) in [5.74, 6) is 0.319. The highest BCUT2D eigenvalue weighted by Crippen LogP contribution is 2.25. The van der Waals surface area contributed by atoms with E-state index >= 15 is 0 Å². The van der Waals surface area contributed by atoms with Crippen molar-refractivity contribution >= 4 is 16.8 Å². The van der Waals surface area contributed by atoms with E-state index in [1.54, 1.807) is 20.2 Å². The molecule has 1 aromatic heterocycles. The molecule has 0 aliphatic heterocycles. The van der Waals surface area contributed by atoms with E-state index in [0.717, 1.165) is 10.9 Å². The molecule has 5 heteroatoms. The van der Waals surface area contributed by atoms with E-state index < -0.39 is 11.4 Å². The Morgan fingerprint density at radius 1 is 1.43 bits per heavy atom. The number of amides is 1. The lowest BCUT2D eigenvalue weighted by Crippen LogP contribution is -2.53. The number of rotatable bonds is 6. The summed E-state index contributed by atoms with van der Waals surface area (Å²) in [4.78, 5) is 15.9. The van der Waals surface area contributed by atoms with Gasteiger partial charge in [-0.1, -0.05) is 18.2 Å². The van der Waals surface area contributed by atoms with Gasteiger partial charge >= 0.3 is 0 Å². The Kier molecular flexibility index (Phi) is 4.43. The molecule has 0 aliphatic carbocycles. The molecule has 1 aromatic carbocycles. The average molecular weight is 287 g/mol. The highest BCUT2D eigenvalue weighted by atomic mass is 16.5. The fourth-order valence-electron chi connectivity index (χ4n) is 2.33. The van der Waals surface area contributed by atoms with Crippen molar-refractivity contribution in [2.75, 3.05) is 7.05 Å². The number of para-hydroxylation sites is 1. The van der Waals surface area contributed by atoms with Gasteiger partial charge in [0.05, 0.1) is 11.6 Å². The van der Waals surface area contributed by atoms with Gasteiger partial charge < -0.3 is 15.8 Å². The van der Waals surface area contributed by atoms with Crippen molar-refractivity contribution in [3.05, 3.63) is 36.5 Å². The Morgan fingerprint density at radius 3 is 2.81 bits per heavy atom. The Labute approximate surface area is 124 Å². The summed E-state index contributed by atoms with van der Waals surface area (Å²) in [5, 5.41) is 3.98. The third-order valence-electron chi connectivity index (χ3n) is 3.72. The van der Waals surface area contributed by atoms with Crippen LogP contribution >= 0.6 is 0 Å². The molecule has 0 bridgehead atoms. The normalized spacial score (nSPS) is 15.4. The lowest BCUT2D eigenvalue weighted by Gasteiger charge is -2.29. The molecule has 0 spiro atoms. The molecule has 3 N–H and O–H groups in total. The Hall–Kier alpha value is -2.14. The van der Waals surface area contributed by atoms with Crippen LogP contribution < -0.4 is 15.8 Å². The number of nitrogens with zero attached hydrogens (tertiary/aromatic N) is 1. The van der Waals surface area contributed by atoms with Crippen LogP contribution in [0.25, 0.3) is 10.9 Å². The van der Waals surface area contributed by atoms with Crippen molar-refractivity contribution in [3.8, 4) is 5.75 Å². The minimum Gasteiger partial charge on any atom is -0.488 e. The van der Waals surface area contributed by atoms with Crippen LogP contribution in [0.15, 0.2) is 36.5 Å². The van der Waals surface area contributed by atoms with E-state index in [1.807, 2.05) is 37.3 Å². The van der Waals surface area contributed by atoms with Gasteiger partial charge in [-0.05, 0) is 33.0 Å². The third-order valence-corrected chi connectivity index (χ3v) is 3.72. The summed E-state index contributed by atoms with van der Waals surface area (Å²) >= 11 is 0. The van der Waals surface area contributed by atoms with E-state index in [4.69, 9.17) is 10.5 Å². The van der Waals surface area contributed by atoms with Crippen molar-refractivity contribution in [1.29, 1.82) is 0 Å². The fraction of sp³-hybridized carbons (Fsp3) is 0.375. The Morgan fingerprint density at radius 2 is 2.14 bits per heavy atom. The largest absolute Gasteiger partial charge is 0.488 e. The van der Waals surface area contributed by atoms with E-state index in [2.05, 4.69) is 10.3 Å². The third kappa shape index (κ3) is 3.31. The first kappa shape index (κ1) is 15.3. The molecule has 2 aromatic rings. The molecule has 2 rings (SSSR count). The minimum atomic E-state index is -0.794. The highest BCUT2D eigenvalue weighted by Gasteiger charge is 2.31. The van der Waals surface area contributed by atoms with Crippen molar-refractivity contribution in [2.24, 2.45) is 5.73 Å². The lowest BCUT2D eigenvalue weighted by atomic mass is 9.94. The monoisotopic (exact) mass is 287 g/mol. The van der Waals surface area contributed by atoms with Crippen molar-refractivity contribution in [3.63, 3.8) is 0 Å². The van der Waals surface area contributed by atoms with Gasteiger partial charge in [-0.3, -0.25) is 9.78 Å². The summed E-state index contributed by atoms with van der Waals surface area (Å²) in [6.45, 7) is 3.69. The number of benzene rings is 1. The van der Waals surface area contributed by atoms with E-state index in [0.29, 0.717) is 12.2 Å². The molecule has 5 nitrogen and oxygen atoms in total. The molecule has 0 fully saturated rings. The number of nitrogens with two attached hydrogens (primary N) is 1. The second-order valence-corrected chi connectivity index (χ2v) is 5.41. The first-order valence-electron chi connectivity index (χ1n) is 6.95. The standard InChI is InChI=1S/C16H21N3O2/c1-11(10-16(2,18-3)15(17)20)21-13-8-4-6-12-7-5-9-19-14(12)13/h4-9,11,18H,10H2,1-3H3,(H2,17,20). The van der Waals surface area contributed by atoms with Crippen LogP contribution in [-0.2, 0) is 4.79 Å². The zero-order valence-corrected chi connectivity index (χ0v) is 12.6. The van der Waals surface area contributed by atoms with Crippen LogP contribution in [0.4, 0.5) is 0 Å². The zero-order chi connectivity index (χ0) is 15.5. The van der Waals surface area contributed by atoms with Crippen molar-refractivity contribution < 1.29 is 9.53 Å². The molecule has 0 aliphatic rings. The van der Waals surface area contributed by atoms with Crippen LogP contribution in [0.2, 0.25) is 0 Å². The first-order valence-corrected chi connectivity index (χ1v) is 6.95. The average Bonchev–Trinajstić information content (AvgIpc) is 2.47. The van der Waals surface area contributed by atoms with Gasteiger partial charge in [0, 0.05) is 18.0 Å². The number of carbonyl (C=O) groups is 1. The second-order valence-electron chi connectivity index (χ2n) is 5.41. The van der Waals surface area contributed by atoms with Crippen molar-refractivity contribution in [1.82, 2.24) is 10.3 Å². The van der Waals surface area contributed by atoms with Gasteiger partial charge in [0.2, 0.25) is 5.91 Å². The number of carbonyl (C=O) groups excluding carboxylic acids is 1. The lowest BCUT2D eigenvalue weighted by molar-refractivity contribution is -0.124. The Bertz CT molecular complexity index is 639. The summed E-state index contributed by atoms with van der Waals surface area (Å²) in [5.41, 5.74) is 5.47. The van der Waals surface area contributed by atoms with Gasteiger partial charge in [0.25, 0.3) is 0 Å². The molecule has 112 valence electrons. The number of hydrogen-bond donors (Lipinski definition) is 2. The molecule has 0 saturated heterocycles. The number of ether oxygens (including phenoxy) is 1. The predicted octanol–water partition coefficient (Wildman–Crippen LogP) is 1.86. The van der Waals surface area contributed by atoms with Crippen LogP contribution in [-0.4, -0.2) is 29.6 Å². The zero-order valence-electron chi connectivity index (χ0n) is 12.6. The highest BCUT2D eigenvalue weighted by molar-refractivity contribution is 5.85. The van der Waals surface area contributed by atoms with Crippen LogP contribution in [0, 0.1) is 0 Å². The molecule has 0 radical (unpaired) electrons. The minimum absolute atomic E-state index is 0.178. The molecule has 2 unspecified atom stereocenters. The second kappa shape index (κ2) is 6.10. The summed E-state index contributed by atoms with van der Waals surface area (Å²) < 4.78 is 5.97. The molecule has 1 heterocycles. The molecule has 1 amide bonds. The SMILES string of the molecule is CNC(C)(CC(C)Oc1cccc2cccnc12)C(N)=O. The van der Waals surface area contributed by atoms with Gasteiger partial charge in [-0.25, -0.2) is 0 Å². The molecule has 0 saturated carbocycles. The number of nitrogens with one attached hydrogen (secondary N) is 1. The first-order chi connectivity index (χ1) is 9.96. The molecular formula is C16H21N3O2. The smallest absolute Gasteiger partial charge is 0.237 e. The number of pyridine rings is 1. The fourth-order valence-corrected chi connectivity index (χ4v) is 2.33. The van der Waals surface area contributed by atoms with Gasteiger partial charge in [-0.15, -0.1) is 0 Å². The molecule has 21 heavy (non-hydrogen) atoms. The predicted molar refractivity (Wildman–Crippen MR) is 83.1 cm³/mol. The number of aromatic nitrogens is 1. The number of likely N-dealkylation sites (N-methyl/N-ethyl adjacent to an activating group) is 1. The molecule has 2 atom stereocenters. The quantitative estimate of drug-likeness (QED) is 0.850. The summed E-state index contributed by atoms with van der Waals surface area (Å²) in [7, 11) is 1.72. The van der Waals surface area contributed by atoms with Gasteiger partial charge in [0.1, 0.15) is 11.3 Å². The summed E-state index contributed by atoms with van der Waals surface area (Å²) in [6, 6.07) is 9.67. The molecular weight excluding hydrogens is 266 g/mol. The van der Waals surface area contributed by atoms with Crippen LogP contribution in [0.5, 0.6) is 5.75 Å². The Balaban J connectivity index is 2.19. The summed E-state index contributed by atoms with van der Waals surface area (Å²) in [6.07, 6.45) is 2.03. The number of fused-ring (bicyclic) bond motifs is 1. The van der Waals surface area contributed by atoms with Crippen LogP contribution in [0.3, 0.4) is 0 Å². The van der Waals surface area contributed by atoms with Gasteiger partial charge in [0.15, 0.2) is 0 Å². The van der Waals surface area contributed by atoms with Crippen LogP contribution in [0.1, 0.15) is 20.3 Å². The number of hydrogen-bond acceptors (Lipinski definition) is 4. The van der Waals surface area contributed by atoms with E-state index in [-0.39, 0.29) is 6.10 Å². The van der Waals surface area contributed by atoms with Crippen molar-refractivity contribution in [2.45, 2.75) is 31.9 Å².